The Morgan fingerprint density at radius 3 is 1.89 bits per heavy atom. The lowest BCUT2D eigenvalue weighted by atomic mass is 9.94. The third-order valence-electron chi connectivity index (χ3n) is 7.64. The molecule has 0 amide bonds. The van der Waals surface area contributed by atoms with Gasteiger partial charge in [0, 0.05) is 18.0 Å². The summed E-state index contributed by atoms with van der Waals surface area (Å²) in [6, 6.07) is 28.7. The van der Waals surface area contributed by atoms with Gasteiger partial charge in [0.25, 0.3) is 17.7 Å². The number of phenolic OH excluding ortho intramolecular Hbond substituents is 3. The van der Waals surface area contributed by atoms with Gasteiger partial charge in [-0.05, 0) is 57.4 Å². The van der Waals surface area contributed by atoms with Gasteiger partial charge in [-0.3, -0.25) is 4.98 Å². The van der Waals surface area contributed by atoms with E-state index in [2.05, 4.69) is 25.4 Å². The zero-order valence-electron chi connectivity index (χ0n) is 23.3. The van der Waals surface area contributed by atoms with Gasteiger partial charge in [0.15, 0.2) is 0 Å². The molecule has 0 unspecified atom stereocenters. The Morgan fingerprint density at radius 1 is 0.444 bits per heavy atom. The van der Waals surface area contributed by atoms with Gasteiger partial charge in [-0.1, -0.05) is 66.7 Å². The van der Waals surface area contributed by atoms with E-state index in [0.717, 1.165) is 16.2 Å². The summed E-state index contributed by atoms with van der Waals surface area (Å²) in [7, 11) is 0. The highest BCUT2D eigenvalue weighted by Crippen LogP contribution is 2.43. The molecule has 0 aliphatic heterocycles. The summed E-state index contributed by atoms with van der Waals surface area (Å²) < 4.78 is 12.0. The Labute approximate surface area is 254 Å². The van der Waals surface area contributed by atoms with Crippen LogP contribution in [0.3, 0.4) is 0 Å². The van der Waals surface area contributed by atoms with E-state index in [1.807, 2.05) is 60.7 Å². The Bertz CT molecular complexity index is 2400. The monoisotopic (exact) mass is 591 g/mol. The first-order valence-electron chi connectivity index (χ1n) is 13.9. The number of pyridine rings is 1. The van der Waals surface area contributed by atoms with Crippen molar-refractivity contribution in [2.75, 3.05) is 0 Å². The van der Waals surface area contributed by atoms with Crippen LogP contribution in [-0.2, 0) is 0 Å². The van der Waals surface area contributed by atoms with E-state index in [-0.39, 0.29) is 40.8 Å². The molecule has 8 aromatic rings. The van der Waals surface area contributed by atoms with E-state index in [9.17, 15) is 15.3 Å². The van der Waals surface area contributed by atoms with Gasteiger partial charge in [0.05, 0.1) is 22.3 Å². The zero-order chi connectivity index (χ0) is 30.5. The summed E-state index contributed by atoms with van der Waals surface area (Å²) in [5.41, 5.74) is 3.16. The first-order valence-corrected chi connectivity index (χ1v) is 13.9. The second kappa shape index (κ2) is 10.3. The lowest BCUT2D eigenvalue weighted by Gasteiger charge is -2.12. The van der Waals surface area contributed by atoms with Crippen molar-refractivity contribution in [1.29, 1.82) is 0 Å². The van der Waals surface area contributed by atoms with Crippen LogP contribution in [0.25, 0.3) is 78.5 Å². The average molecular weight is 592 g/mol. The molecule has 3 N–H and O–H groups in total. The smallest absolute Gasteiger partial charge is 0.252 e. The molecule has 0 aliphatic rings. The third kappa shape index (κ3) is 4.40. The summed E-state index contributed by atoms with van der Waals surface area (Å²) >= 11 is 0. The first-order chi connectivity index (χ1) is 22.0. The normalized spacial score (nSPS) is 11.4. The van der Waals surface area contributed by atoms with Crippen molar-refractivity contribution in [3.05, 3.63) is 109 Å². The van der Waals surface area contributed by atoms with E-state index >= 15 is 0 Å². The predicted octanol–water partition coefficient (Wildman–Crippen LogP) is 7.61. The number of para-hydroxylation sites is 1. The molecule has 0 bridgehead atoms. The highest BCUT2D eigenvalue weighted by molar-refractivity contribution is 6.06. The quantitative estimate of drug-likeness (QED) is 0.182. The lowest BCUT2D eigenvalue weighted by molar-refractivity contribution is 0.471. The number of phenols is 3. The number of hydrogen-bond acceptors (Lipinski definition) is 10. The van der Waals surface area contributed by atoms with Crippen molar-refractivity contribution in [2.24, 2.45) is 0 Å². The Morgan fingerprint density at radius 2 is 1.07 bits per heavy atom. The highest BCUT2D eigenvalue weighted by Gasteiger charge is 2.22. The van der Waals surface area contributed by atoms with Crippen LogP contribution in [0.5, 0.6) is 17.2 Å². The fraction of sp³-hybridized carbons (Fsp3) is 0. The fourth-order valence-electron chi connectivity index (χ4n) is 5.54. The van der Waals surface area contributed by atoms with Crippen LogP contribution in [0, 0.1) is 0 Å². The van der Waals surface area contributed by atoms with Gasteiger partial charge in [-0.2, -0.15) is 0 Å². The lowest BCUT2D eigenvalue weighted by Crippen LogP contribution is -1.89. The van der Waals surface area contributed by atoms with Crippen molar-refractivity contribution in [3.8, 4) is 74.2 Å². The van der Waals surface area contributed by atoms with Crippen molar-refractivity contribution in [3.63, 3.8) is 0 Å². The molecule has 0 atom stereocenters. The molecule has 0 saturated heterocycles. The van der Waals surface area contributed by atoms with E-state index in [0.29, 0.717) is 38.8 Å². The van der Waals surface area contributed by atoms with Crippen LogP contribution in [0.15, 0.2) is 118 Å². The van der Waals surface area contributed by atoms with Crippen LogP contribution in [0.2, 0.25) is 0 Å². The molecule has 0 aliphatic carbocycles. The van der Waals surface area contributed by atoms with E-state index in [4.69, 9.17) is 8.83 Å². The van der Waals surface area contributed by atoms with Crippen LogP contribution in [-0.4, -0.2) is 40.7 Å². The maximum atomic E-state index is 11.3. The predicted molar refractivity (Wildman–Crippen MR) is 167 cm³/mol. The van der Waals surface area contributed by atoms with Crippen molar-refractivity contribution in [1.82, 2.24) is 25.4 Å². The molecular weight excluding hydrogens is 570 g/mol. The first kappa shape index (κ1) is 26.1. The summed E-state index contributed by atoms with van der Waals surface area (Å²) in [6.45, 7) is 0. The van der Waals surface area contributed by atoms with E-state index in [1.54, 1.807) is 42.7 Å². The largest absolute Gasteiger partial charge is 0.507 e. The maximum absolute atomic E-state index is 11.3. The summed E-state index contributed by atoms with van der Waals surface area (Å²) in [6.07, 6.45) is 3.29. The Kier molecular flexibility index (Phi) is 5.98. The van der Waals surface area contributed by atoms with Crippen molar-refractivity contribution < 1.29 is 24.2 Å². The Balaban J connectivity index is 1.20. The van der Waals surface area contributed by atoms with Crippen LogP contribution in [0.4, 0.5) is 0 Å². The minimum absolute atomic E-state index is 0.00629. The molecule has 10 nitrogen and oxygen atoms in total. The molecule has 0 fully saturated rings. The molecule has 5 aromatic carbocycles. The summed E-state index contributed by atoms with van der Waals surface area (Å²) in [4.78, 5) is 4.43. The fourth-order valence-corrected chi connectivity index (χ4v) is 5.54. The molecule has 3 aromatic heterocycles. The maximum Gasteiger partial charge on any atom is 0.252 e. The van der Waals surface area contributed by atoms with Crippen LogP contribution < -0.4 is 0 Å². The number of nitrogens with zero attached hydrogens (tertiary/aromatic N) is 5. The van der Waals surface area contributed by atoms with Gasteiger partial charge in [-0.15, -0.1) is 20.4 Å². The summed E-state index contributed by atoms with van der Waals surface area (Å²) in [5.74, 6) is 0.602. The van der Waals surface area contributed by atoms with E-state index < -0.39 is 0 Å². The van der Waals surface area contributed by atoms with Crippen LogP contribution in [0.1, 0.15) is 0 Å². The highest BCUT2D eigenvalue weighted by atomic mass is 16.4. The minimum Gasteiger partial charge on any atom is -0.507 e. The van der Waals surface area contributed by atoms with Crippen LogP contribution >= 0.6 is 0 Å². The molecule has 0 saturated carbocycles. The summed E-state index contributed by atoms with van der Waals surface area (Å²) in [5, 5.41) is 52.2. The molecule has 8 rings (SSSR count). The van der Waals surface area contributed by atoms with Gasteiger partial charge in [0.1, 0.15) is 17.2 Å². The third-order valence-corrected chi connectivity index (χ3v) is 7.64. The number of fused-ring (bicyclic) bond motifs is 2. The molecule has 10 heteroatoms. The SMILES string of the molecule is Oc1ccccc1-c1nnc(-c2c(O)cc(-c3cncc(-c4nnc(-c5c(O)ccc6ccccc56)o4)c3)c3ccccc23)o1. The number of aromatic hydroxyl groups is 3. The minimum atomic E-state index is -0.0758. The van der Waals surface area contributed by atoms with Crippen molar-refractivity contribution in [2.45, 2.75) is 0 Å². The molecule has 0 spiro atoms. The molecule has 3 heterocycles. The number of aromatic nitrogens is 5. The second-order valence-corrected chi connectivity index (χ2v) is 10.3. The molecule has 0 radical (unpaired) electrons. The number of benzene rings is 5. The van der Waals surface area contributed by atoms with Crippen molar-refractivity contribution >= 4 is 21.5 Å². The van der Waals surface area contributed by atoms with E-state index in [1.165, 1.54) is 6.07 Å². The van der Waals surface area contributed by atoms with Gasteiger partial charge in [0.2, 0.25) is 5.89 Å². The molecule has 216 valence electrons. The average Bonchev–Trinajstić information content (AvgIpc) is 3.75. The molecule has 45 heavy (non-hydrogen) atoms. The molecular formula is C35H21N5O5. The zero-order valence-corrected chi connectivity index (χ0v) is 23.3. The second-order valence-electron chi connectivity index (χ2n) is 10.3. The topological polar surface area (TPSA) is 151 Å². The Hall–Kier alpha value is -6.55. The van der Waals surface area contributed by atoms with Gasteiger partial charge >= 0.3 is 0 Å². The standard InChI is InChI=1S/C35H21N5O5/c41-27-12-6-5-11-25(27)33-38-40-35(45-33)31-24-10-4-3-9-23(24)26(16-29(31)43)20-15-21(18-36-17-20)32-37-39-34(44-32)30-22-8-2-1-7-19(22)13-14-28(30)42/h1-18,41-43H. The number of hydrogen-bond donors (Lipinski definition) is 3. The van der Waals surface area contributed by atoms with Gasteiger partial charge in [-0.25, -0.2) is 0 Å². The number of rotatable bonds is 5. The van der Waals surface area contributed by atoms with Gasteiger partial charge < -0.3 is 24.2 Å².